The van der Waals surface area contributed by atoms with Gasteiger partial charge in [0, 0.05) is 21.8 Å². The Morgan fingerprint density at radius 3 is 2.61 bits per heavy atom. The second kappa shape index (κ2) is 8.32. The molecule has 0 saturated carbocycles. The molecule has 2 aromatic carbocycles. The van der Waals surface area contributed by atoms with Gasteiger partial charge in [0.1, 0.15) is 23.1 Å². The van der Waals surface area contributed by atoms with Crippen molar-refractivity contribution < 1.29 is 9.47 Å². The van der Waals surface area contributed by atoms with Gasteiger partial charge in [0.2, 0.25) is 5.88 Å². The Balaban J connectivity index is 1.92. The van der Waals surface area contributed by atoms with Crippen LogP contribution in [0.2, 0.25) is 0 Å². The lowest BCUT2D eigenvalue weighted by Gasteiger charge is -2.27. The number of hydrogen-bond acceptors (Lipinski definition) is 5. The number of hydrogen-bond donors (Lipinski definition) is 1. The summed E-state index contributed by atoms with van der Waals surface area (Å²) in [5, 5.41) is 9.79. The molecule has 3 aromatic rings. The molecule has 31 heavy (non-hydrogen) atoms. The molecule has 0 saturated heterocycles. The van der Waals surface area contributed by atoms with Gasteiger partial charge in [-0.3, -0.25) is 4.79 Å². The molecule has 6 nitrogen and oxygen atoms in total. The summed E-state index contributed by atoms with van der Waals surface area (Å²) in [4.78, 5) is 13.7. The van der Waals surface area contributed by atoms with Gasteiger partial charge in [-0.1, -0.05) is 46.3 Å². The number of ether oxygens (including phenoxy) is 2. The zero-order chi connectivity index (χ0) is 22.1. The van der Waals surface area contributed by atoms with Crippen LogP contribution >= 0.6 is 15.9 Å². The van der Waals surface area contributed by atoms with E-state index in [1.807, 2.05) is 55.5 Å². The summed E-state index contributed by atoms with van der Waals surface area (Å²) in [6.07, 6.45) is 0. The van der Waals surface area contributed by atoms with Crippen LogP contribution in [0.25, 0.3) is 0 Å². The van der Waals surface area contributed by atoms with E-state index in [1.54, 1.807) is 17.7 Å². The fraction of sp³-hybridized carbons (Fsp3) is 0.167. The predicted octanol–water partition coefficient (Wildman–Crippen LogP) is 4.19. The van der Waals surface area contributed by atoms with Crippen molar-refractivity contribution in [3.05, 3.63) is 103 Å². The molecule has 2 N–H and O–H groups in total. The summed E-state index contributed by atoms with van der Waals surface area (Å²) < 4.78 is 13.7. The van der Waals surface area contributed by atoms with Crippen molar-refractivity contribution in [2.24, 2.45) is 5.73 Å². The van der Waals surface area contributed by atoms with E-state index < -0.39 is 5.92 Å². The van der Waals surface area contributed by atoms with Crippen molar-refractivity contribution in [1.82, 2.24) is 4.57 Å². The first-order valence-corrected chi connectivity index (χ1v) is 10.4. The number of allylic oxidation sites excluding steroid dienone is 1. The van der Waals surface area contributed by atoms with Gasteiger partial charge in [0.25, 0.3) is 5.56 Å². The van der Waals surface area contributed by atoms with Gasteiger partial charge in [-0.05, 0) is 30.7 Å². The molecule has 2 heterocycles. The van der Waals surface area contributed by atoms with Gasteiger partial charge in [0.15, 0.2) is 0 Å². The molecule has 0 fully saturated rings. The lowest BCUT2D eigenvalue weighted by atomic mass is 9.84. The second-order valence-electron chi connectivity index (χ2n) is 7.24. The van der Waals surface area contributed by atoms with Gasteiger partial charge in [0.05, 0.1) is 25.1 Å². The third-order valence-corrected chi connectivity index (χ3v) is 5.94. The average molecular weight is 478 g/mol. The van der Waals surface area contributed by atoms with E-state index in [2.05, 4.69) is 22.0 Å². The number of fused-ring (bicyclic) bond motifs is 1. The molecule has 0 unspecified atom stereocenters. The molecular weight excluding hydrogens is 458 g/mol. The Kier molecular flexibility index (Phi) is 5.57. The average Bonchev–Trinajstić information content (AvgIpc) is 2.76. The number of halogens is 1. The number of nitrogens with two attached hydrogens (primary N) is 1. The highest BCUT2D eigenvalue weighted by Gasteiger charge is 2.34. The summed E-state index contributed by atoms with van der Waals surface area (Å²) in [6, 6.07) is 19.0. The molecule has 0 radical (unpaired) electrons. The van der Waals surface area contributed by atoms with Crippen molar-refractivity contribution in [3.8, 4) is 17.6 Å². The van der Waals surface area contributed by atoms with Crippen LogP contribution in [0.5, 0.6) is 11.5 Å². The zero-order valence-electron chi connectivity index (χ0n) is 17.1. The monoisotopic (exact) mass is 477 g/mol. The number of nitriles is 1. The summed E-state index contributed by atoms with van der Waals surface area (Å²) in [7, 11) is 1.60. The third-order valence-electron chi connectivity index (χ3n) is 5.41. The standard InChI is InChI=1S/C24H20BrN3O3/c1-14-11-20-22(24(29)28(14)13-16-5-3-4-6-19(16)30-2)21(18(12-26)23(27)31-20)15-7-9-17(25)10-8-15/h3-11,21H,13,27H2,1-2H3/t21-/m0/s1. The van der Waals surface area contributed by atoms with Gasteiger partial charge >= 0.3 is 0 Å². The fourth-order valence-electron chi connectivity index (χ4n) is 3.88. The van der Waals surface area contributed by atoms with Crippen LogP contribution in [0.4, 0.5) is 0 Å². The summed E-state index contributed by atoms with van der Waals surface area (Å²) in [5.74, 6) is 0.486. The Bertz CT molecular complexity index is 1290. The van der Waals surface area contributed by atoms with Crippen LogP contribution in [-0.4, -0.2) is 11.7 Å². The van der Waals surface area contributed by atoms with Gasteiger partial charge in [-0.2, -0.15) is 5.26 Å². The van der Waals surface area contributed by atoms with E-state index in [9.17, 15) is 10.1 Å². The van der Waals surface area contributed by atoms with Crippen LogP contribution in [0, 0.1) is 18.3 Å². The molecule has 0 aliphatic carbocycles. The minimum atomic E-state index is -0.612. The molecule has 1 aromatic heterocycles. The highest BCUT2D eigenvalue weighted by molar-refractivity contribution is 9.10. The largest absolute Gasteiger partial charge is 0.496 e. The molecule has 7 heteroatoms. The van der Waals surface area contributed by atoms with E-state index >= 15 is 0 Å². The van der Waals surface area contributed by atoms with Crippen molar-refractivity contribution in [3.63, 3.8) is 0 Å². The Morgan fingerprint density at radius 1 is 1.23 bits per heavy atom. The SMILES string of the molecule is COc1ccccc1Cn1c(C)cc2c(c1=O)[C@@H](c1ccc(Br)cc1)C(C#N)=C(N)O2. The van der Waals surface area contributed by atoms with Gasteiger partial charge in [-0.15, -0.1) is 0 Å². The van der Waals surface area contributed by atoms with Crippen molar-refractivity contribution >= 4 is 15.9 Å². The summed E-state index contributed by atoms with van der Waals surface area (Å²) >= 11 is 3.43. The molecule has 156 valence electrons. The quantitative estimate of drug-likeness (QED) is 0.607. The van der Waals surface area contributed by atoms with Crippen molar-refractivity contribution in [1.29, 1.82) is 5.26 Å². The van der Waals surface area contributed by atoms with Gasteiger partial charge in [-0.25, -0.2) is 0 Å². The lowest BCUT2D eigenvalue weighted by Crippen LogP contribution is -2.33. The zero-order valence-corrected chi connectivity index (χ0v) is 18.6. The molecule has 1 atom stereocenters. The number of rotatable bonds is 4. The highest BCUT2D eigenvalue weighted by atomic mass is 79.9. The minimum absolute atomic E-state index is 0.0178. The van der Waals surface area contributed by atoms with E-state index in [0.717, 1.165) is 21.3 Å². The molecule has 4 rings (SSSR count). The normalized spacial score (nSPS) is 15.1. The number of nitrogens with zero attached hydrogens (tertiary/aromatic N) is 2. The van der Waals surface area contributed by atoms with Crippen LogP contribution in [-0.2, 0) is 6.54 Å². The van der Waals surface area contributed by atoms with Crippen LogP contribution in [0.15, 0.2) is 75.3 Å². The summed E-state index contributed by atoms with van der Waals surface area (Å²) in [6.45, 7) is 2.17. The molecule has 0 amide bonds. The number of aryl methyl sites for hydroxylation is 1. The third kappa shape index (κ3) is 3.71. The first-order valence-electron chi connectivity index (χ1n) is 9.64. The van der Waals surface area contributed by atoms with Crippen LogP contribution < -0.4 is 20.8 Å². The fourth-order valence-corrected chi connectivity index (χ4v) is 4.14. The number of aromatic nitrogens is 1. The predicted molar refractivity (Wildman–Crippen MR) is 121 cm³/mol. The van der Waals surface area contributed by atoms with Gasteiger partial charge < -0.3 is 19.8 Å². The van der Waals surface area contributed by atoms with E-state index in [0.29, 0.717) is 23.6 Å². The maximum atomic E-state index is 13.7. The lowest BCUT2D eigenvalue weighted by molar-refractivity contribution is 0.388. The smallest absolute Gasteiger partial charge is 0.259 e. The first-order chi connectivity index (χ1) is 14.9. The Morgan fingerprint density at radius 2 is 1.94 bits per heavy atom. The van der Waals surface area contributed by atoms with E-state index in [-0.39, 0.29) is 17.0 Å². The maximum absolute atomic E-state index is 13.7. The molecule has 0 bridgehead atoms. The van der Waals surface area contributed by atoms with E-state index in [4.69, 9.17) is 15.2 Å². The Labute approximate surface area is 188 Å². The van der Waals surface area contributed by atoms with Crippen LogP contribution in [0.3, 0.4) is 0 Å². The number of methoxy groups -OCH3 is 1. The molecule has 1 aliphatic heterocycles. The number of pyridine rings is 1. The van der Waals surface area contributed by atoms with Crippen molar-refractivity contribution in [2.45, 2.75) is 19.4 Å². The maximum Gasteiger partial charge on any atom is 0.259 e. The topological polar surface area (TPSA) is 90.3 Å². The van der Waals surface area contributed by atoms with Crippen LogP contribution in [0.1, 0.15) is 28.3 Å². The molecular formula is C24H20BrN3O3. The second-order valence-corrected chi connectivity index (χ2v) is 8.16. The first kappa shape index (κ1) is 20.8. The van der Waals surface area contributed by atoms with E-state index in [1.165, 1.54) is 0 Å². The molecule has 1 aliphatic rings. The minimum Gasteiger partial charge on any atom is -0.496 e. The molecule has 0 spiro atoms. The highest BCUT2D eigenvalue weighted by Crippen LogP contribution is 2.40. The van der Waals surface area contributed by atoms with Crippen molar-refractivity contribution in [2.75, 3.05) is 7.11 Å². The summed E-state index contributed by atoms with van der Waals surface area (Å²) in [5.41, 5.74) is 8.84. The number of benzene rings is 2. The number of para-hydroxylation sites is 1. The Hall–Kier alpha value is -3.50.